The van der Waals surface area contributed by atoms with Crippen LogP contribution in [0.1, 0.15) is 17.3 Å². The van der Waals surface area contributed by atoms with Gasteiger partial charge >= 0.3 is 0 Å². The summed E-state index contributed by atoms with van der Waals surface area (Å²) in [6.45, 7) is 1.29. The van der Waals surface area contributed by atoms with Gasteiger partial charge in [0.1, 0.15) is 11.1 Å². The van der Waals surface area contributed by atoms with Crippen LogP contribution in [0.2, 0.25) is 0 Å². The van der Waals surface area contributed by atoms with Gasteiger partial charge < -0.3 is 4.42 Å². The molecule has 3 aromatic carbocycles. The van der Waals surface area contributed by atoms with Crippen molar-refractivity contribution in [1.29, 1.82) is 0 Å². The zero-order valence-corrected chi connectivity index (χ0v) is 16.5. The quantitative estimate of drug-likeness (QED) is 0.489. The van der Waals surface area contributed by atoms with Gasteiger partial charge in [-0.2, -0.15) is 0 Å². The van der Waals surface area contributed by atoms with Gasteiger partial charge in [-0.15, -0.1) is 0 Å². The smallest absolute Gasteiger partial charge is 0.263 e. The molecule has 0 fully saturated rings. The van der Waals surface area contributed by atoms with Crippen molar-refractivity contribution in [3.05, 3.63) is 82.3 Å². The van der Waals surface area contributed by atoms with Crippen LogP contribution in [0.3, 0.4) is 0 Å². The maximum absolute atomic E-state index is 12.6. The molecule has 6 heteroatoms. The second-order valence-electron chi connectivity index (χ2n) is 6.27. The number of amides is 2. The Morgan fingerprint density at radius 1 is 0.964 bits per heavy atom. The number of nitrogens with one attached hydrogen (secondary N) is 1. The van der Waals surface area contributed by atoms with Crippen molar-refractivity contribution in [2.75, 3.05) is 0 Å². The van der Waals surface area contributed by atoms with E-state index in [0.717, 1.165) is 20.6 Å². The Morgan fingerprint density at radius 3 is 2.57 bits per heavy atom. The lowest BCUT2D eigenvalue weighted by Crippen LogP contribution is -2.32. The van der Waals surface area contributed by atoms with Crippen LogP contribution in [0, 0.1) is 0 Å². The highest BCUT2D eigenvalue weighted by Crippen LogP contribution is 2.26. The van der Waals surface area contributed by atoms with Crippen LogP contribution >= 0.6 is 15.9 Å². The van der Waals surface area contributed by atoms with Crippen molar-refractivity contribution < 1.29 is 14.0 Å². The average molecular weight is 435 g/mol. The summed E-state index contributed by atoms with van der Waals surface area (Å²) in [7, 11) is 0. The molecule has 4 aromatic rings. The molecule has 1 aromatic heterocycles. The number of carbonyl (C=O) groups excluding carboxylic acids is 2. The van der Waals surface area contributed by atoms with Crippen LogP contribution in [0.25, 0.3) is 21.7 Å². The standard InChI is InChI=1S/C22H15BrN2O3/c1-13(26)24-21(27)18-12-15-11-16(23)9-10-20(15)28-22(18)25-19-8-4-6-14-5-2-3-7-17(14)19/h2-12H,1H3,(H,24,26,27). The van der Waals surface area contributed by atoms with E-state index in [1.165, 1.54) is 6.92 Å². The summed E-state index contributed by atoms with van der Waals surface area (Å²) in [5.41, 5.74) is 1.59. The van der Waals surface area contributed by atoms with Gasteiger partial charge in [0.25, 0.3) is 5.91 Å². The zero-order chi connectivity index (χ0) is 19.7. The zero-order valence-electron chi connectivity index (χ0n) is 14.9. The molecule has 28 heavy (non-hydrogen) atoms. The topological polar surface area (TPSA) is 71.7 Å². The highest BCUT2D eigenvalue weighted by molar-refractivity contribution is 9.10. The number of halogens is 1. The van der Waals surface area contributed by atoms with Gasteiger partial charge in [-0.25, -0.2) is 4.99 Å². The van der Waals surface area contributed by atoms with Gasteiger partial charge in [0.15, 0.2) is 0 Å². The molecular formula is C22H15BrN2O3. The maximum Gasteiger partial charge on any atom is 0.263 e. The fourth-order valence-corrected chi connectivity index (χ4v) is 3.37. The first-order chi connectivity index (χ1) is 13.5. The van der Waals surface area contributed by atoms with Gasteiger partial charge in [-0.05, 0) is 35.7 Å². The summed E-state index contributed by atoms with van der Waals surface area (Å²) >= 11 is 3.41. The molecule has 138 valence electrons. The molecule has 0 saturated carbocycles. The summed E-state index contributed by atoms with van der Waals surface area (Å²) in [5, 5.41) is 4.98. The molecule has 0 atom stereocenters. The second-order valence-corrected chi connectivity index (χ2v) is 7.18. The highest BCUT2D eigenvalue weighted by atomic mass is 79.9. The summed E-state index contributed by atoms with van der Waals surface area (Å²) in [6, 6.07) is 20.7. The maximum atomic E-state index is 12.6. The molecule has 0 aliphatic rings. The summed E-state index contributed by atoms with van der Waals surface area (Å²) in [5.74, 6) is -1.01. The highest BCUT2D eigenvalue weighted by Gasteiger charge is 2.14. The van der Waals surface area contributed by atoms with E-state index in [9.17, 15) is 9.59 Å². The van der Waals surface area contributed by atoms with Crippen molar-refractivity contribution in [1.82, 2.24) is 5.32 Å². The minimum absolute atomic E-state index is 0.143. The lowest BCUT2D eigenvalue weighted by Gasteiger charge is -2.06. The molecule has 0 aliphatic carbocycles. The first-order valence-corrected chi connectivity index (χ1v) is 9.38. The molecule has 0 unspecified atom stereocenters. The van der Waals surface area contributed by atoms with Crippen molar-refractivity contribution in [2.45, 2.75) is 6.92 Å². The Bertz CT molecular complexity index is 1300. The third-order valence-corrected chi connectivity index (χ3v) is 4.72. The molecule has 0 saturated heterocycles. The predicted molar refractivity (Wildman–Crippen MR) is 111 cm³/mol. The fraction of sp³-hybridized carbons (Fsp3) is 0.0455. The van der Waals surface area contributed by atoms with Gasteiger partial charge in [0, 0.05) is 22.2 Å². The normalized spacial score (nSPS) is 11.7. The van der Waals surface area contributed by atoms with Crippen molar-refractivity contribution >= 4 is 55.2 Å². The predicted octanol–water partition coefficient (Wildman–Crippen LogP) is 4.86. The summed E-state index contributed by atoms with van der Waals surface area (Å²) in [4.78, 5) is 28.6. The first kappa shape index (κ1) is 18.1. The Hall–Kier alpha value is -3.25. The number of benzene rings is 3. The molecule has 1 heterocycles. The largest absolute Gasteiger partial charge is 0.438 e. The lowest BCUT2D eigenvalue weighted by atomic mass is 10.1. The number of nitrogens with zero attached hydrogens (tertiary/aromatic N) is 1. The average Bonchev–Trinajstić information content (AvgIpc) is 2.67. The third-order valence-electron chi connectivity index (χ3n) is 4.23. The van der Waals surface area contributed by atoms with E-state index in [1.54, 1.807) is 12.1 Å². The lowest BCUT2D eigenvalue weighted by molar-refractivity contribution is -0.118. The van der Waals surface area contributed by atoms with E-state index in [2.05, 4.69) is 26.2 Å². The number of fused-ring (bicyclic) bond motifs is 2. The van der Waals surface area contributed by atoms with Gasteiger partial charge in [-0.3, -0.25) is 14.9 Å². The molecule has 1 N–H and O–H groups in total. The minimum atomic E-state index is -0.558. The van der Waals surface area contributed by atoms with E-state index >= 15 is 0 Å². The summed E-state index contributed by atoms with van der Waals surface area (Å²) in [6.07, 6.45) is 0. The van der Waals surface area contributed by atoms with Gasteiger partial charge in [0.2, 0.25) is 11.5 Å². The Labute approximate surface area is 168 Å². The monoisotopic (exact) mass is 434 g/mol. The molecule has 0 spiro atoms. The molecular weight excluding hydrogens is 420 g/mol. The van der Waals surface area contributed by atoms with Crippen molar-refractivity contribution in [2.24, 2.45) is 4.99 Å². The minimum Gasteiger partial charge on any atom is -0.438 e. The molecule has 4 rings (SSSR count). The van der Waals surface area contributed by atoms with E-state index in [1.807, 2.05) is 54.6 Å². The van der Waals surface area contributed by atoms with Crippen LogP contribution in [0.5, 0.6) is 0 Å². The van der Waals surface area contributed by atoms with E-state index in [-0.39, 0.29) is 11.1 Å². The Kier molecular flexibility index (Phi) is 4.79. The van der Waals surface area contributed by atoms with Crippen LogP contribution < -0.4 is 10.9 Å². The van der Waals surface area contributed by atoms with Gasteiger partial charge in [0.05, 0.1) is 5.69 Å². The second kappa shape index (κ2) is 7.40. The molecule has 5 nitrogen and oxygen atoms in total. The van der Waals surface area contributed by atoms with Crippen molar-refractivity contribution in [3.63, 3.8) is 0 Å². The fourth-order valence-electron chi connectivity index (χ4n) is 2.99. The number of imide groups is 1. The third kappa shape index (κ3) is 3.59. The van der Waals surface area contributed by atoms with Crippen LogP contribution in [0.4, 0.5) is 5.69 Å². The SMILES string of the molecule is CC(=O)NC(=O)c1cc2cc(Br)ccc2oc1=Nc1cccc2ccccc12. The molecule has 0 radical (unpaired) electrons. The van der Waals surface area contributed by atoms with E-state index in [4.69, 9.17) is 4.42 Å². The van der Waals surface area contributed by atoms with Crippen LogP contribution in [0.15, 0.2) is 80.6 Å². The van der Waals surface area contributed by atoms with E-state index < -0.39 is 11.8 Å². The van der Waals surface area contributed by atoms with E-state index in [0.29, 0.717) is 11.3 Å². The molecule has 0 aliphatic heterocycles. The van der Waals surface area contributed by atoms with Crippen molar-refractivity contribution in [3.8, 4) is 0 Å². The molecule has 0 bridgehead atoms. The number of hydrogen-bond donors (Lipinski definition) is 1. The summed E-state index contributed by atoms with van der Waals surface area (Å²) < 4.78 is 6.80. The number of rotatable bonds is 2. The molecule has 2 amide bonds. The van der Waals surface area contributed by atoms with Crippen LogP contribution in [-0.2, 0) is 4.79 Å². The number of carbonyl (C=O) groups is 2. The Balaban J connectivity index is 2.00. The van der Waals surface area contributed by atoms with Crippen LogP contribution in [-0.4, -0.2) is 11.8 Å². The Morgan fingerprint density at radius 2 is 1.75 bits per heavy atom. The number of hydrogen-bond acceptors (Lipinski definition) is 4. The first-order valence-electron chi connectivity index (χ1n) is 8.59. The van der Waals surface area contributed by atoms with Gasteiger partial charge in [-0.1, -0.05) is 52.3 Å².